The summed E-state index contributed by atoms with van der Waals surface area (Å²) in [5.74, 6) is 0. The predicted molar refractivity (Wildman–Crippen MR) is 80.9 cm³/mol. The third-order valence-corrected chi connectivity index (χ3v) is 4.73. The van der Waals surface area contributed by atoms with Gasteiger partial charge in [0, 0.05) is 17.3 Å². The zero-order valence-corrected chi connectivity index (χ0v) is 13.4. The second kappa shape index (κ2) is 7.75. The lowest BCUT2D eigenvalue weighted by molar-refractivity contribution is 0.485. The molecule has 1 aromatic rings. The number of aromatic nitrogens is 3. The van der Waals surface area contributed by atoms with E-state index in [1.54, 1.807) is 16.3 Å². The molecule has 1 rings (SSSR count). The lowest BCUT2D eigenvalue weighted by atomic mass is 10.1. The van der Waals surface area contributed by atoms with Gasteiger partial charge in [0.15, 0.2) is 5.16 Å². The first-order valence-electron chi connectivity index (χ1n) is 7.05. The van der Waals surface area contributed by atoms with Crippen LogP contribution in [0.15, 0.2) is 9.95 Å². The lowest BCUT2D eigenvalue weighted by Crippen LogP contribution is -2.35. The predicted octanol–water partition coefficient (Wildman–Crippen LogP) is 2.41. The molecule has 0 aliphatic rings. The maximum absolute atomic E-state index is 11.7. The summed E-state index contributed by atoms with van der Waals surface area (Å²) >= 11 is 1.70. The van der Waals surface area contributed by atoms with Gasteiger partial charge in [0.2, 0.25) is 0 Å². The van der Waals surface area contributed by atoms with Gasteiger partial charge in [-0.3, -0.25) is 4.57 Å². The van der Waals surface area contributed by atoms with Gasteiger partial charge in [-0.25, -0.2) is 9.89 Å². The van der Waals surface area contributed by atoms with Gasteiger partial charge in [-0.1, -0.05) is 32.0 Å². The van der Waals surface area contributed by atoms with E-state index < -0.39 is 0 Å². The van der Waals surface area contributed by atoms with Gasteiger partial charge in [-0.15, -0.1) is 5.10 Å². The molecule has 0 fully saturated rings. The first-order chi connectivity index (χ1) is 9.04. The Hall–Kier alpha value is -0.750. The smallest absolute Gasteiger partial charge is 0.316 e. The zero-order chi connectivity index (χ0) is 14.4. The molecule has 1 aromatic heterocycles. The summed E-state index contributed by atoms with van der Waals surface area (Å²) in [6, 6.07) is 0.581. The van der Waals surface area contributed by atoms with Crippen LogP contribution < -0.4 is 11.0 Å². The molecule has 2 unspecified atom stereocenters. The molecule has 0 aliphatic heterocycles. The highest BCUT2D eigenvalue weighted by Crippen LogP contribution is 2.28. The van der Waals surface area contributed by atoms with Crippen LogP contribution in [0.4, 0.5) is 0 Å². The normalized spacial score (nSPS) is 14.8. The van der Waals surface area contributed by atoms with Gasteiger partial charge in [0.05, 0.1) is 0 Å². The molecule has 5 nitrogen and oxygen atoms in total. The van der Waals surface area contributed by atoms with Crippen molar-refractivity contribution in [1.29, 1.82) is 0 Å². The summed E-state index contributed by atoms with van der Waals surface area (Å²) in [4.78, 5) is 11.7. The average molecular weight is 286 g/mol. The molecule has 0 spiro atoms. The monoisotopic (exact) mass is 286 g/mol. The Balaban J connectivity index is 2.89. The van der Waals surface area contributed by atoms with E-state index in [4.69, 9.17) is 0 Å². The highest BCUT2D eigenvalue weighted by Gasteiger charge is 2.22. The third-order valence-electron chi connectivity index (χ3n) is 3.27. The molecular formula is C13H26N4OS. The molecule has 0 aromatic carbocycles. The van der Waals surface area contributed by atoms with E-state index in [1.807, 2.05) is 20.9 Å². The SMILES string of the molecule is CCCC(NC)C(CC)Sc1n[nH]c(=O)n1C(C)C. The van der Waals surface area contributed by atoms with Crippen molar-refractivity contribution in [2.24, 2.45) is 0 Å². The molecule has 0 radical (unpaired) electrons. The highest BCUT2D eigenvalue weighted by molar-refractivity contribution is 7.99. The topological polar surface area (TPSA) is 62.7 Å². The van der Waals surface area contributed by atoms with Gasteiger partial charge in [-0.2, -0.15) is 0 Å². The summed E-state index contributed by atoms with van der Waals surface area (Å²) in [6.07, 6.45) is 3.34. The van der Waals surface area contributed by atoms with Crippen LogP contribution in [0.1, 0.15) is 53.0 Å². The summed E-state index contributed by atoms with van der Waals surface area (Å²) in [6.45, 7) is 8.38. The number of nitrogens with zero attached hydrogens (tertiary/aromatic N) is 2. The van der Waals surface area contributed by atoms with Crippen molar-refractivity contribution < 1.29 is 0 Å². The van der Waals surface area contributed by atoms with E-state index in [-0.39, 0.29) is 11.7 Å². The van der Waals surface area contributed by atoms with E-state index in [0.717, 1.165) is 24.4 Å². The first kappa shape index (κ1) is 16.3. The van der Waals surface area contributed by atoms with Crippen LogP contribution >= 0.6 is 11.8 Å². The van der Waals surface area contributed by atoms with Gasteiger partial charge >= 0.3 is 5.69 Å². The molecule has 6 heteroatoms. The van der Waals surface area contributed by atoms with Crippen molar-refractivity contribution in [2.45, 2.75) is 69.4 Å². The Bertz CT molecular complexity index is 427. The fraction of sp³-hybridized carbons (Fsp3) is 0.846. The largest absolute Gasteiger partial charge is 0.344 e. The summed E-state index contributed by atoms with van der Waals surface area (Å²) in [7, 11) is 2.00. The molecule has 19 heavy (non-hydrogen) atoms. The van der Waals surface area contributed by atoms with Gasteiger partial charge < -0.3 is 5.32 Å². The molecule has 0 bridgehead atoms. The van der Waals surface area contributed by atoms with E-state index in [0.29, 0.717) is 11.3 Å². The van der Waals surface area contributed by atoms with E-state index in [1.165, 1.54) is 0 Å². The second-order valence-corrected chi connectivity index (χ2v) is 6.23. The number of H-pyrrole nitrogens is 1. The number of hydrogen-bond acceptors (Lipinski definition) is 4. The highest BCUT2D eigenvalue weighted by atomic mass is 32.2. The van der Waals surface area contributed by atoms with Crippen molar-refractivity contribution in [3.8, 4) is 0 Å². The third kappa shape index (κ3) is 4.11. The fourth-order valence-corrected chi connectivity index (χ4v) is 3.62. The van der Waals surface area contributed by atoms with Crippen LogP contribution in [-0.2, 0) is 0 Å². The zero-order valence-electron chi connectivity index (χ0n) is 12.6. The minimum atomic E-state index is -0.121. The van der Waals surface area contributed by atoms with Crippen molar-refractivity contribution in [3.63, 3.8) is 0 Å². The van der Waals surface area contributed by atoms with E-state index in [9.17, 15) is 4.79 Å². The Morgan fingerprint density at radius 2 is 2.11 bits per heavy atom. The minimum absolute atomic E-state index is 0.121. The molecule has 0 saturated heterocycles. The molecule has 110 valence electrons. The number of rotatable bonds is 8. The quantitative estimate of drug-likeness (QED) is 0.720. The lowest BCUT2D eigenvalue weighted by Gasteiger charge is -2.25. The van der Waals surface area contributed by atoms with Crippen LogP contribution in [0.25, 0.3) is 0 Å². The van der Waals surface area contributed by atoms with Crippen LogP contribution in [0.2, 0.25) is 0 Å². The standard InChI is InChI=1S/C13H26N4OS/c1-6-8-10(14-5)11(7-2)19-13-16-15-12(18)17(13)9(3)4/h9-11,14H,6-8H2,1-5H3,(H,15,18). The van der Waals surface area contributed by atoms with Crippen molar-refractivity contribution >= 4 is 11.8 Å². The minimum Gasteiger partial charge on any atom is -0.316 e. The first-order valence-corrected chi connectivity index (χ1v) is 7.93. The Morgan fingerprint density at radius 3 is 2.58 bits per heavy atom. The summed E-state index contributed by atoms with van der Waals surface area (Å²) in [5, 5.41) is 11.3. The van der Waals surface area contributed by atoms with Gasteiger partial charge in [0.25, 0.3) is 0 Å². The number of hydrogen-bond donors (Lipinski definition) is 2. The van der Waals surface area contributed by atoms with Gasteiger partial charge in [0.1, 0.15) is 0 Å². The van der Waals surface area contributed by atoms with Crippen molar-refractivity contribution in [2.75, 3.05) is 7.05 Å². The fourth-order valence-electron chi connectivity index (χ4n) is 2.24. The second-order valence-electron chi connectivity index (χ2n) is 5.02. The van der Waals surface area contributed by atoms with Crippen LogP contribution in [0.5, 0.6) is 0 Å². The van der Waals surface area contributed by atoms with Crippen LogP contribution in [0, 0.1) is 0 Å². The number of nitrogens with one attached hydrogen (secondary N) is 2. The maximum Gasteiger partial charge on any atom is 0.344 e. The molecule has 2 atom stereocenters. The molecule has 1 heterocycles. The van der Waals surface area contributed by atoms with E-state index >= 15 is 0 Å². The van der Waals surface area contributed by atoms with Crippen molar-refractivity contribution in [1.82, 2.24) is 20.1 Å². The molecule has 0 aliphatic carbocycles. The van der Waals surface area contributed by atoms with E-state index in [2.05, 4.69) is 29.4 Å². The molecule has 0 saturated carbocycles. The molecule has 2 N–H and O–H groups in total. The van der Waals surface area contributed by atoms with Crippen molar-refractivity contribution in [3.05, 3.63) is 10.5 Å². The Labute approximate surface area is 119 Å². The number of aromatic amines is 1. The Kier molecular flexibility index (Phi) is 6.65. The summed E-state index contributed by atoms with van der Waals surface area (Å²) in [5.41, 5.74) is -0.121. The van der Waals surface area contributed by atoms with Gasteiger partial charge in [-0.05, 0) is 33.7 Å². The summed E-state index contributed by atoms with van der Waals surface area (Å²) < 4.78 is 1.73. The Morgan fingerprint density at radius 1 is 1.42 bits per heavy atom. The molecule has 0 amide bonds. The van der Waals surface area contributed by atoms with Crippen LogP contribution in [0.3, 0.4) is 0 Å². The average Bonchev–Trinajstić information content (AvgIpc) is 2.74. The maximum atomic E-state index is 11.7. The molecular weight excluding hydrogens is 260 g/mol. The van der Waals surface area contributed by atoms with Crippen LogP contribution in [-0.4, -0.2) is 33.1 Å². The number of thioether (sulfide) groups is 1.